The molecular weight excluding hydrogens is 238 g/mol. The highest BCUT2D eigenvalue weighted by molar-refractivity contribution is 5.92. The third-order valence-corrected chi connectivity index (χ3v) is 3.09. The van der Waals surface area contributed by atoms with Gasteiger partial charge < -0.3 is 10.4 Å². The summed E-state index contributed by atoms with van der Waals surface area (Å²) >= 11 is 0. The highest BCUT2D eigenvalue weighted by atomic mass is 16.3. The number of aliphatic hydroxyl groups is 1. The second kappa shape index (κ2) is 7.74. The number of hydrogen-bond acceptors (Lipinski definition) is 2. The lowest BCUT2D eigenvalue weighted by molar-refractivity contribution is -0.118. The summed E-state index contributed by atoms with van der Waals surface area (Å²) in [5.41, 5.74) is 1.76. The van der Waals surface area contributed by atoms with Gasteiger partial charge in [-0.1, -0.05) is 43.3 Å². The molecule has 0 saturated heterocycles. The molecule has 2 atom stereocenters. The Labute approximate surface area is 115 Å². The lowest BCUT2D eigenvalue weighted by Gasteiger charge is -2.20. The zero-order valence-corrected chi connectivity index (χ0v) is 11.9. The predicted molar refractivity (Wildman–Crippen MR) is 77.8 cm³/mol. The van der Waals surface area contributed by atoms with Crippen LogP contribution in [-0.2, 0) is 11.2 Å². The standard InChI is InChI=1S/C16H23NO2/c1-4-8-12(2)16(19)17-13(3)15(18)11-14-9-6-5-7-10-14/h5-10,13,15,18H,4,11H2,1-3H3,(H,17,19)/b12-8-. The van der Waals surface area contributed by atoms with Gasteiger partial charge >= 0.3 is 0 Å². The maximum atomic E-state index is 11.8. The maximum Gasteiger partial charge on any atom is 0.246 e. The van der Waals surface area contributed by atoms with Gasteiger partial charge in [-0.3, -0.25) is 4.79 Å². The Bertz CT molecular complexity index is 426. The Morgan fingerprint density at radius 1 is 1.37 bits per heavy atom. The van der Waals surface area contributed by atoms with Crippen LogP contribution in [0.2, 0.25) is 0 Å². The fourth-order valence-corrected chi connectivity index (χ4v) is 1.85. The highest BCUT2D eigenvalue weighted by Gasteiger charge is 2.17. The number of allylic oxidation sites excluding steroid dienone is 1. The average molecular weight is 261 g/mol. The summed E-state index contributed by atoms with van der Waals surface area (Å²) in [7, 11) is 0. The zero-order valence-electron chi connectivity index (χ0n) is 11.9. The van der Waals surface area contributed by atoms with Gasteiger partial charge in [-0.15, -0.1) is 0 Å². The third kappa shape index (κ3) is 5.26. The van der Waals surface area contributed by atoms with E-state index in [2.05, 4.69) is 5.32 Å². The van der Waals surface area contributed by atoms with Gasteiger partial charge in [-0.2, -0.15) is 0 Å². The quantitative estimate of drug-likeness (QED) is 0.773. The average Bonchev–Trinajstić information content (AvgIpc) is 2.40. The first-order chi connectivity index (χ1) is 9.04. The van der Waals surface area contributed by atoms with Crippen LogP contribution in [-0.4, -0.2) is 23.2 Å². The summed E-state index contributed by atoms with van der Waals surface area (Å²) in [6, 6.07) is 9.51. The van der Waals surface area contributed by atoms with Crippen molar-refractivity contribution in [3.05, 3.63) is 47.5 Å². The summed E-state index contributed by atoms with van der Waals surface area (Å²) in [6.07, 6.45) is 2.67. The van der Waals surface area contributed by atoms with Gasteiger partial charge in [0.2, 0.25) is 5.91 Å². The molecule has 2 unspecified atom stereocenters. The molecule has 0 aliphatic carbocycles. The molecule has 0 fully saturated rings. The second-order valence-electron chi connectivity index (χ2n) is 4.81. The monoisotopic (exact) mass is 261 g/mol. The van der Waals surface area contributed by atoms with E-state index in [0.29, 0.717) is 12.0 Å². The Balaban J connectivity index is 2.51. The number of aliphatic hydroxyl groups excluding tert-OH is 1. The zero-order chi connectivity index (χ0) is 14.3. The van der Waals surface area contributed by atoms with Gasteiger partial charge in [0.05, 0.1) is 12.1 Å². The van der Waals surface area contributed by atoms with Crippen molar-refractivity contribution in [3.8, 4) is 0 Å². The van der Waals surface area contributed by atoms with Crippen molar-refractivity contribution in [1.82, 2.24) is 5.32 Å². The van der Waals surface area contributed by atoms with E-state index < -0.39 is 6.10 Å². The SMILES string of the molecule is CC/C=C(/C)C(=O)NC(C)C(O)Cc1ccccc1. The summed E-state index contributed by atoms with van der Waals surface area (Å²) in [6.45, 7) is 5.60. The van der Waals surface area contributed by atoms with Crippen LogP contribution in [0.4, 0.5) is 0 Å². The number of carbonyl (C=O) groups excluding carboxylic acids is 1. The smallest absolute Gasteiger partial charge is 0.246 e. The Kier molecular flexibility index (Phi) is 6.30. The minimum Gasteiger partial charge on any atom is -0.391 e. The van der Waals surface area contributed by atoms with Crippen molar-refractivity contribution in [2.24, 2.45) is 0 Å². The molecule has 0 saturated carbocycles. The van der Waals surface area contributed by atoms with Crippen LogP contribution in [0.1, 0.15) is 32.8 Å². The van der Waals surface area contributed by atoms with Gasteiger partial charge in [0.15, 0.2) is 0 Å². The number of hydrogen-bond donors (Lipinski definition) is 2. The van der Waals surface area contributed by atoms with E-state index in [1.807, 2.05) is 50.3 Å². The molecule has 0 bridgehead atoms. The number of rotatable bonds is 6. The van der Waals surface area contributed by atoms with E-state index in [4.69, 9.17) is 0 Å². The summed E-state index contributed by atoms with van der Waals surface area (Å²) in [5.74, 6) is -0.110. The first kappa shape index (κ1) is 15.4. The minimum absolute atomic E-state index is 0.110. The van der Waals surface area contributed by atoms with Gasteiger partial charge in [-0.05, 0) is 25.8 Å². The first-order valence-corrected chi connectivity index (χ1v) is 6.74. The van der Waals surface area contributed by atoms with Crippen LogP contribution in [0.3, 0.4) is 0 Å². The molecule has 1 aromatic rings. The van der Waals surface area contributed by atoms with Crippen molar-refractivity contribution in [3.63, 3.8) is 0 Å². The van der Waals surface area contributed by atoms with E-state index in [9.17, 15) is 9.90 Å². The molecule has 0 aromatic heterocycles. The van der Waals surface area contributed by atoms with E-state index in [1.54, 1.807) is 6.92 Å². The fraction of sp³-hybridized carbons (Fsp3) is 0.438. The predicted octanol–water partition coefficient (Wildman–Crippen LogP) is 2.45. The van der Waals surface area contributed by atoms with Crippen LogP contribution in [0.15, 0.2) is 42.0 Å². The van der Waals surface area contributed by atoms with Crippen LogP contribution >= 0.6 is 0 Å². The molecule has 0 heterocycles. The molecule has 2 N–H and O–H groups in total. The van der Waals surface area contributed by atoms with E-state index in [-0.39, 0.29) is 11.9 Å². The van der Waals surface area contributed by atoms with E-state index in [0.717, 1.165) is 12.0 Å². The van der Waals surface area contributed by atoms with Crippen molar-refractivity contribution in [2.75, 3.05) is 0 Å². The van der Waals surface area contributed by atoms with E-state index in [1.165, 1.54) is 0 Å². The summed E-state index contributed by atoms with van der Waals surface area (Å²) in [4.78, 5) is 11.8. The summed E-state index contributed by atoms with van der Waals surface area (Å²) in [5, 5.41) is 12.9. The molecule has 1 rings (SSSR count). The number of amides is 1. The Morgan fingerprint density at radius 3 is 2.58 bits per heavy atom. The van der Waals surface area contributed by atoms with E-state index >= 15 is 0 Å². The second-order valence-corrected chi connectivity index (χ2v) is 4.81. The molecule has 0 radical (unpaired) electrons. The highest BCUT2D eigenvalue weighted by Crippen LogP contribution is 2.06. The van der Waals surface area contributed by atoms with Gasteiger partial charge in [0.1, 0.15) is 0 Å². The fourth-order valence-electron chi connectivity index (χ4n) is 1.85. The molecule has 0 aliphatic rings. The molecule has 0 aliphatic heterocycles. The normalized spacial score (nSPS) is 14.8. The number of benzene rings is 1. The number of carbonyl (C=O) groups is 1. The van der Waals surface area contributed by atoms with Gasteiger partial charge in [0, 0.05) is 12.0 Å². The lowest BCUT2D eigenvalue weighted by atomic mass is 10.0. The largest absolute Gasteiger partial charge is 0.391 e. The number of nitrogens with one attached hydrogen (secondary N) is 1. The Hall–Kier alpha value is -1.61. The Morgan fingerprint density at radius 2 is 2.00 bits per heavy atom. The molecule has 1 aromatic carbocycles. The molecule has 19 heavy (non-hydrogen) atoms. The molecule has 3 nitrogen and oxygen atoms in total. The van der Waals surface area contributed by atoms with Gasteiger partial charge in [0.25, 0.3) is 0 Å². The van der Waals surface area contributed by atoms with Crippen LogP contribution in [0.5, 0.6) is 0 Å². The van der Waals surface area contributed by atoms with Crippen LogP contribution in [0.25, 0.3) is 0 Å². The molecule has 1 amide bonds. The van der Waals surface area contributed by atoms with Crippen molar-refractivity contribution >= 4 is 5.91 Å². The molecule has 3 heteroatoms. The topological polar surface area (TPSA) is 49.3 Å². The molecule has 0 spiro atoms. The maximum absolute atomic E-state index is 11.8. The third-order valence-electron chi connectivity index (χ3n) is 3.09. The lowest BCUT2D eigenvalue weighted by Crippen LogP contribution is -2.42. The first-order valence-electron chi connectivity index (χ1n) is 6.74. The van der Waals surface area contributed by atoms with Crippen LogP contribution in [0, 0.1) is 0 Å². The summed E-state index contributed by atoms with van der Waals surface area (Å²) < 4.78 is 0. The minimum atomic E-state index is -0.583. The van der Waals surface area contributed by atoms with Crippen molar-refractivity contribution in [1.29, 1.82) is 0 Å². The van der Waals surface area contributed by atoms with Gasteiger partial charge in [-0.25, -0.2) is 0 Å². The van der Waals surface area contributed by atoms with Crippen molar-refractivity contribution < 1.29 is 9.90 Å². The van der Waals surface area contributed by atoms with Crippen LogP contribution < -0.4 is 5.32 Å². The van der Waals surface area contributed by atoms with Crippen molar-refractivity contribution in [2.45, 2.75) is 45.8 Å². The molecule has 104 valence electrons. The molecular formula is C16H23NO2.